The van der Waals surface area contributed by atoms with Gasteiger partial charge in [0, 0.05) is 0 Å². The highest BCUT2D eigenvalue weighted by Gasteiger charge is 2.08. The fourth-order valence-electron chi connectivity index (χ4n) is 2.42. The second kappa shape index (κ2) is 9.24. The minimum Gasteiger partial charge on any atom is -0.0654 e. The summed E-state index contributed by atoms with van der Waals surface area (Å²) in [6, 6.07) is 0. The van der Waals surface area contributed by atoms with Gasteiger partial charge in [-0.05, 0) is 24.2 Å². The standard InChI is InChI=1S/C15H32/c1-6-9-14(4)10-8-11-15(5)12-13(3)7-2/h13-15H,6-12H2,1-5H3. The topological polar surface area (TPSA) is 0 Å². The van der Waals surface area contributed by atoms with E-state index in [1.165, 1.54) is 44.9 Å². The zero-order valence-electron chi connectivity index (χ0n) is 11.7. The maximum Gasteiger partial charge on any atom is -0.0440 e. The van der Waals surface area contributed by atoms with Gasteiger partial charge >= 0.3 is 0 Å². The molecule has 0 heterocycles. The molecule has 0 heteroatoms. The Balaban J connectivity index is 3.41. The van der Waals surface area contributed by atoms with E-state index >= 15 is 0 Å². The first kappa shape index (κ1) is 15.0. The highest BCUT2D eigenvalue weighted by atomic mass is 14.1. The monoisotopic (exact) mass is 212 g/mol. The van der Waals surface area contributed by atoms with E-state index in [-0.39, 0.29) is 0 Å². The van der Waals surface area contributed by atoms with Crippen LogP contribution in [0, 0.1) is 17.8 Å². The molecule has 0 rings (SSSR count). The van der Waals surface area contributed by atoms with Crippen LogP contribution in [0.5, 0.6) is 0 Å². The lowest BCUT2D eigenvalue weighted by Crippen LogP contribution is -2.03. The molecule has 92 valence electrons. The van der Waals surface area contributed by atoms with Crippen LogP contribution in [0.15, 0.2) is 0 Å². The Hall–Kier alpha value is 0. The van der Waals surface area contributed by atoms with Crippen molar-refractivity contribution in [3.8, 4) is 0 Å². The van der Waals surface area contributed by atoms with Crippen LogP contribution in [0.25, 0.3) is 0 Å². The Kier molecular flexibility index (Phi) is 9.24. The van der Waals surface area contributed by atoms with E-state index in [9.17, 15) is 0 Å². The second-order valence-corrected chi connectivity index (χ2v) is 5.68. The molecule has 0 aromatic rings. The molecule has 0 saturated carbocycles. The molecule has 3 atom stereocenters. The van der Waals surface area contributed by atoms with Crippen molar-refractivity contribution >= 4 is 0 Å². The van der Waals surface area contributed by atoms with Gasteiger partial charge in [0.15, 0.2) is 0 Å². The quantitative estimate of drug-likeness (QED) is 0.462. The van der Waals surface area contributed by atoms with Crippen LogP contribution in [0.2, 0.25) is 0 Å². The summed E-state index contributed by atoms with van der Waals surface area (Å²) in [6.07, 6.45) is 9.87. The third-order valence-corrected chi connectivity index (χ3v) is 3.68. The highest BCUT2D eigenvalue weighted by molar-refractivity contribution is 4.60. The molecule has 0 amide bonds. The fourth-order valence-corrected chi connectivity index (χ4v) is 2.42. The zero-order valence-corrected chi connectivity index (χ0v) is 11.7. The first-order chi connectivity index (χ1) is 7.10. The molecule has 0 aromatic carbocycles. The summed E-state index contributed by atoms with van der Waals surface area (Å²) in [5.41, 5.74) is 0. The maximum atomic E-state index is 2.43. The second-order valence-electron chi connectivity index (χ2n) is 5.68. The van der Waals surface area contributed by atoms with Crippen LogP contribution < -0.4 is 0 Å². The molecular formula is C15H32. The van der Waals surface area contributed by atoms with Crippen LogP contribution in [-0.4, -0.2) is 0 Å². The van der Waals surface area contributed by atoms with Gasteiger partial charge in [0.1, 0.15) is 0 Å². The molecule has 0 aliphatic rings. The van der Waals surface area contributed by atoms with Crippen molar-refractivity contribution in [2.45, 2.75) is 79.6 Å². The van der Waals surface area contributed by atoms with Crippen LogP contribution in [0.3, 0.4) is 0 Å². The van der Waals surface area contributed by atoms with E-state index in [1.54, 1.807) is 0 Å². The van der Waals surface area contributed by atoms with Crippen molar-refractivity contribution in [1.29, 1.82) is 0 Å². The molecule has 0 aliphatic heterocycles. The van der Waals surface area contributed by atoms with Crippen molar-refractivity contribution < 1.29 is 0 Å². The maximum absolute atomic E-state index is 2.43. The Labute approximate surface area is 97.8 Å². The van der Waals surface area contributed by atoms with E-state index in [4.69, 9.17) is 0 Å². The summed E-state index contributed by atoms with van der Waals surface area (Å²) in [5, 5.41) is 0. The lowest BCUT2D eigenvalue weighted by molar-refractivity contribution is 0.359. The number of rotatable bonds is 9. The molecule has 0 aliphatic carbocycles. The SMILES string of the molecule is CCCC(C)CCCC(C)CC(C)CC. The first-order valence-corrected chi connectivity index (χ1v) is 7.10. The van der Waals surface area contributed by atoms with Gasteiger partial charge in [0.25, 0.3) is 0 Å². The Morgan fingerprint density at radius 3 is 1.87 bits per heavy atom. The zero-order chi connectivity index (χ0) is 11.7. The summed E-state index contributed by atoms with van der Waals surface area (Å²) in [5.74, 6) is 2.81. The van der Waals surface area contributed by atoms with E-state index in [0.717, 1.165) is 17.8 Å². The van der Waals surface area contributed by atoms with Crippen molar-refractivity contribution in [2.24, 2.45) is 17.8 Å². The van der Waals surface area contributed by atoms with Gasteiger partial charge in [-0.1, -0.05) is 73.1 Å². The summed E-state index contributed by atoms with van der Waals surface area (Å²) in [7, 11) is 0. The van der Waals surface area contributed by atoms with Gasteiger partial charge in [-0.25, -0.2) is 0 Å². The fraction of sp³-hybridized carbons (Fsp3) is 1.00. The molecule has 0 nitrogen and oxygen atoms in total. The lowest BCUT2D eigenvalue weighted by Gasteiger charge is -2.16. The van der Waals surface area contributed by atoms with Gasteiger partial charge in [-0.15, -0.1) is 0 Å². The molecule has 0 aromatic heterocycles. The average molecular weight is 212 g/mol. The third-order valence-electron chi connectivity index (χ3n) is 3.68. The summed E-state index contributed by atoms with van der Waals surface area (Å²) in [4.78, 5) is 0. The van der Waals surface area contributed by atoms with Gasteiger partial charge in [0.05, 0.1) is 0 Å². The van der Waals surface area contributed by atoms with E-state index in [1.807, 2.05) is 0 Å². The van der Waals surface area contributed by atoms with Crippen molar-refractivity contribution in [3.63, 3.8) is 0 Å². The van der Waals surface area contributed by atoms with E-state index in [0.29, 0.717) is 0 Å². The van der Waals surface area contributed by atoms with Crippen LogP contribution in [0.1, 0.15) is 79.6 Å². The van der Waals surface area contributed by atoms with Crippen LogP contribution in [-0.2, 0) is 0 Å². The Bertz CT molecular complexity index is 128. The van der Waals surface area contributed by atoms with Gasteiger partial charge in [-0.2, -0.15) is 0 Å². The normalized spacial score (nSPS) is 17.4. The summed E-state index contributed by atoms with van der Waals surface area (Å²) < 4.78 is 0. The molecule has 0 saturated heterocycles. The van der Waals surface area contributed by atoms with Gasteiger partial charge < -0.3 is 0 Å². The van der Waals surface area contributed by atoms with Crippen LogP contribution in [0.4, 0.5) is 0 Å². The Morgan fingerprint density at radius 2 is 1.33 bits per heavy atom. The van der Waals surface area contributed by atoms with Gasteiger partial charge in [-0.3, -0.25) is 0 Å². The highest BCUT2D eigenvalue weighted by Crippen LogP contribution is 2.22. The summed E-state index contributed by atoms with van der Waals surface area (Å²) >= 11 is 0. The largest absolute Gasteiger partial charge is 0.0654 e. The van der Waals surface area contributed by atoms with E-state index in [2.05, 4.69) is 34.6 Å². The molecule has 0 N–H and O–H groups in total. The molecule has 3 unspecified atom stereocenters. The molecular weight excluding hydrogens is 180 g/mol. The smallest absolute Gasteiger partial charge is 0.0440 e. The van der Waals surface area contributed by atoms with Gasteiger partial charge in [0.2, 0.25) is 0 Å². The molecule has 0 bridgehead atoms. The summed E-state index contributed by atoms with van der Waals surface area (Å²) in [6.45, 7) is 11.8. The van der Waals surface area contributed by atoms with Crippen molar-refractivity contribution in [3.05, 3.63) is 0 Å². The molecule has 0 fully saturated rings. The third kappa shape index (κ3) is 8.96. The molecule has 0 radical (unpaired) electrons. The van der Waals surface area contributed by atoms with Crippen molar-refractivity contribution in [2.75, 3.05) is 0 Å². The Morgan fingerprint density at radius 1 is 0.733 bits per heavy atom. The first-order valence-electron chi connectivity index (χ1n) is 7.10. The van der Waals surface area contributed by atoms with Crippen LogP contribution >= 0.6 is 0 Å². The number of hydrogen-bond donors (Lipinski definition) is 0. The van der Waals surface area contributed by atoms with E-state index < -0.39 is 0 Å². The molecule has 0 spiro atoms. The average Bonchev–Trinajstić information content (AvgIpc) is 2.18. The molecule has 15 heavy (non-hydrogen) atoms. The minimum atomic E-state index is 0.924. The van der Waals surface area contributed by atoms with Crippen molar-refractivity contribution in [1.82, 2.24) is 0 Å². The predicted molar refractivity (Wildman–Crippen MR) is 71.2 cm³/mol. The lowest BCUT2D eigenvalue weighted by atomic mass is 9.90. The minimum absolute atomic E-state index is 0.924. The number of hydrogen-bond acceptors (Lipinski definition) is 0. The predicted octanol–water partition coefficient (Wildman–Crippen LogP) is 5.67.